The molecular weight excluding hydrogens is 226 g/mol. The quantitative estimate of drug-likeness (QED) is 0.710. The molecule has 0 saturated carbocycles. The molecule has 2 aliphatic rings. The van der Waals surface area contributed by atoms with Crippen molar-refractivity contribution in [3.8, 4) is 0 Å². The van der Waals surface area contributed by atoms with Gasteiger partial charge in [-0.3, -0.25) is 9.69 Å². The molecule has 0 N–H and O–H groups in total. The molecule has 1 atom stereocenters. The van der Waals surface area contributed by atoms with Gasteiger partial charge in [-0.05, 0) is 39.3 Å². The zero-order chi connectivity index (χ0) is 11.8. The molecule has 2 rings (SSSR count). The van der Waals surface area contributed by atoms with Crippen LogP contribution in [-0.4, -0.2) is 49.7 Å². The molecule has 0 aromatic heterocycles. The molecule has 0 amide bonds. The smallest absolute Gasteiger partial charge is 0.151 e. The zero-order valence-electron chi connectivity index (χ0n) is 9.68. The fourth-order valence-electron chi connectivity index (χ4n) is 2.73. The van der Waals surface area contributed by atoms with Gasteiger partial charge in [0.25, 0.3) is 0 Å². The lowest BCUT2D eigenvalue weighted by Crippen LogP contribution is -2.43. The van der Waals surface area contributed by atoms with E-state index in [-0.39, 0.29) is 17.7 Å². The van der Waals surface area contributed by atoms with Crippen LogP contribution in [0.3, 0.4) is 0 Å². The number of carbonyl (C=O) groups is 1. The minimum absolute atomic E-state index is 0.203. The highest BCUT2D eigenvalue weighted by Gasteiger charge is 2.34. The van der Waals surface area contributed by atoms with Crippen molar-refractivity contribution in [2.45, 2.75) is 32.2 Å². The molecule has 0 aromatic rings. The second kappa shape index (κ2) is 4.45. The Bertz CT molecular complexity index is 369. The monoisotopic (exact) mass is 245 g/mol. The van der Waals surface area contributed by atoms with Crippen LogP contribution in [-0.2, 0) is 14.6 Å². The summed E-state index contributed by atoms with van der Waals surface area (Å²) in [6.07, 6.45) is 2.56. The Morgan fingerprint density at radius 2 is 1.81 bits per heavy atom. The van der Waals surface area contributed by atoms with E-state index in [4.69, 9.17) is 0 Å². The van der Waals surface area contributed by atoms with Gasteiger partial charge in [0, 0.05) is 12.0 Å². The Balaban J connectivity index is 1.88. The second-order valence-electron chi connectivity index (χ2n) is 4.98. The summed E-state index contributed by atoms with van der Waals surface area (Å²) in [6, 6.07) is 0.206. The van der Waals surface area contributed by atoms with Gasteiger partial charge in [-0.2, -0.15) is 0 Å². The van der Waals surface area contributed by atoms with Gasteiger partial charge in [-0.1, -0.05) is 0 Å². The van der Waals surface area contributed by atoms with Gasteiger partial charge in [0.1, 0.15) is 5.78 Å². The van der Waals surface area contributed by atoms with Crippen LogP contribution < -0.4 is 0 Å². The maximum atomic E-state index is 11.4. The summed E-state index contributed by atoms with van der Waals surface area (Å²) >= 11 is 0. The molecule has 0 bridgehead atoms. The first-order valence-electron chi connectivity index (χ1n) is 5.93. The molecule has 0 aliphatic carbocycles. The fourth-order valence-corrected chi connectivity index (χ4v) is 4.50. The summed E-state index contributed by atoms with van der Waals surface area (Å²) in [5.41, 5.74) is 0. The second-order valence-corrected chi connectivity index (χ2v) is 7.21. The molecule has 0 radical (unpaired) electrons. The third-order valence-corrected chi connectivity index (χ3v) is 5.58. The Labute approximate surface area is 96.9 Å². The lowest BCUT2D eigenvalue weighted by Gasteiger charge is -2.34. The van der Waals surface area contributed by atoms with Crippen LogP contribution in [0.15, 0.2) is 0 Å². The normalized spacial score (nSPS) is 31.7. The summed E-state index contributed by atoms with van der Waals surface area (Å²) in [7, 11) is -2.78. The first-order chi connectivity index (χ1) is 7.48. The molecule has 92 valence electrons. The van der Waals surface area contributed by atoms with Crippen LogP contribution >= 0.6 is 0 Å². The number of sulfone groups is 1. The summed E-state index contributed by atoms with van der Waals surface area (Å²) in [6.45, 7) is 3.41. The fraction of sp³-hybridized carbons (Fsp3) is 0.909. The van der Waals surface area contributed by atoms with Crippen LogP contribution in [0.5, 0.6) is 0 Å². The molecule has 0 aromatic carbocycles. The minimum atomic E-state index is -2.78. The molecule has 1 unspecified atom stereocenters. The van der Waals surface area contributed by atoms with E-state index in [0.717, 1.165) is 32.4 Å². The highest BCUT2D eigenvalue weighted by Crippen LogP contribution is 2.24. The van der Waals surface area contributed by atoms with E-state index in [1.165, 1.54) is 0 Å². The van der Waals surface area contributed by atoms with E-state index >= 15 is 0 Å². The van der Waals surface area contributed by atoms with Crippen LogP contribution in [0, 0.1) is 5.92 Å². The van der Waals surface area contributed by atoms with Gasteiger partial charge in [0.2, 0.25) is 0 Å². The first-order valence-corrected chi connectivity index (χ1v) is 7.75. The van der Waals surface area contributed by atoms with Crippen LogP contribution in [0.1, 0.15) is 26.2 Å². The van der Waals surface area contributed by atoms with Gasteiger partial charge in [0.05, 0.1) is 11.5 Å². The number of Topliss-reactive ketones (excluding diaryl/α,β-unsaturated/α-hetero) is 1. The van der Waals surface area contributed by atoms with Gasteiger partial charge in [0.15, 0.2) is 9.84 Å². The van der Waals surface area contributed by atoms with Gasteiger partial charge < -0.3 is 0 Å². The van der Waals surface area contributed by atoms with Crippen molar-refractivity contribution in [2.24, 2.45) is 5.92 Å². The lowest BCUT2D eigenvalue weighted by atomic mass is 9.92. The van der Waals surface area contributed by atoms with Crippen LogP contribution in [0.2, 0.25) is 0 Å². The van der Waals surface area contributed by atoms with Crippen molar-refractivity contribution in [1.29, 1.82) is 0 Å². The summed E-state index contributed by atoms with van der Waals surface area (Å²) in [5, 5.41) is 0. The van der Waals surface area contributed by atoms with Crippen LogP contribution in [0.25, 0.3) is 0 Å². The van der Waals surface area contributed by atoms with Crippen molar-refractivity contribution >= 4 is 15.6 Å². The molecule has 2 saturated heterocycles. The van der Waals surface area contributed by atoms with Gasteiger partial charge in [-0.15, -0.1) is 0 Å². The summed E-state index contributed by atoms with van der Waals surface area (Å²) < 4.78 is 22.8. The summed E-state index contributed by atoms with van der Waals surface area (Å²) in [5.74, 6) is 1.13. The largest absolute Gasteiger partial charge is 0.300 e. The molecule has 2 fully saturated rings. The number of nitrogens with zero attached hydrogens (tertiary/aromatic N) is 1. The maximum absolute atomic E-state index is 11.4. The van der Waals surface area contributed by atoms with Gasteiger partial charge in [-0.25, -0.2) is 8.42 Å². The number of hydrogen-bond acceptors (Lipinski definition) is 4. The van der Waals surface area contributed by atoms with Crippen molar-refractivity contribution < 1.29 is 13.2 Å². The maximum Gasteiger partial charge on any atom is 0.151 e. The third kappa shape index (κ3) is 2.63. The number of ketones is 1. The Kier molecular flexibility index (Phi) is 3.35. The average Bonchev–Trinajstić information content (AvgIpc) is 2.59. The van der Waals surface area contributed by atoms with Gasteiger partial charge >= 0.3 is 0 Å². The van der Waals surface area contributed by atoms with E-state index in [1.54, 1.807) is 6.92 Å². The molecule has 0 spiro atoms. The average molecular weight is 245 g/mol. The Morgan fingerprint density at radius 3 is 2.25 bits per heavy atom. The van der Waals surface area contributed by atoms with Crippen molar-refractivity contribution in [3.05, 3.63) is 0 Å². The standard InChI is InChI=1S/C11H19NO3S/c1-9(13)10-2-5-12(6-3-10)11-4-7-16(14,15)8-11/h10-11H,2-8H2,1H3. The predicted molar refractivity (Wildman–Crippen MR) is 62.0 cm³/mol. The van der Waals surface area contributed by atoms with E-state index in [9.17, 15) is 13.2 Å². The number of piperidine rings is 1. The lowest BCUT2D eigenvalue weighted by molar-refractivity contribution is -0.122. The molecule has 2 heterocycles. The SMILES string of the molecule is CC(=O)C1CCN(C2CCS(=O)(=O)C2)CC1. The number of rotatable bonds is 2. The van der Waals surface area contributed by atoms with E-state index < -0.39 is 9.84 Å². The molecule has 16 heavy (non-hydrogen) atoms. The highest BCUT2D eigenvalue weighted by molar-refractivity contribution is 7.91. The van der Waals surface area contributed by atoms with Crippen LogP contribution in [0.4, 0.5) is 0 Å². The Hall–Kier alpha value is -0.420. The van der Waals surface area contributed by atoms with E-state index in [1.807, 2.05) is 0 Å². The Morgan fingerprint density at radius 1 is 1.19 bits per heavy atom. The molecule has 2 aliphatic heterocycles. The number of carbonyl (C=O) groups excluding carboxylic acids is 1. The highest BCUT2D eigenvalue weighted by atomic mass is 32.2. The van der Waals surface area contributed by atoms with Crippen molar-refractivity contribution in [2.75, 3.05) is 24.6 Å². The molecule has 4 nitrogen and oxygen atoms in total. The first kappa shape index (κ1) is 12.0. The topological polar surface area (TPSA) is 54.5 Å². The number of hydrogen-bond donors (Lipinski definition) is 0. The molecule has 5 heteroatoms. The zero-order valence-corrected chi connectivity index (χ0v) is 10.5. The minimum Gasteiger partial charge on any atom is -0.300 e. The van der Waals surface area contributed by atoms with E-state index in [0.29, 0.717) is 11.5 Å². The van der Waals surface area contributed by atoms with E-state index in [2.05, 4.69) is 4.90 Å². The summed E-state index contributed by atoms with van der Waals surface area (Å²) in [4.78, 5) is 13.5. The van der Waals surface area contributed by atoms with Crippen molar-refractivity contribution in [1.82, 2.24) is 4.90 Å². The predicted octanol–water partition coefficient (Wildman–Crippen LogP) is 0.475. The molecular formula is C11H19NO3S. The number of likely N-dealkylation sites (tertiary alicyclic amines) is 1. The third-order valence-electron chi connectivity index (χ3n) is 3.83. The van der Waals surface area contributed by atoms with Crippen molar-refractivity contribution in [3.63, 3.8) is 0 Å².